The summed E-state index contributed by atoms with van der Waals surface area (Å²) in [6, 6.07) is 10.3. The summed E-state index contributed by atoms with van der Waals surface area (Å²) >= 11 is 0. The van der Waals surface area contributed by atoms with Crippen molar-refractivity contribution < 1.29 is 5.11 Å². The Balaban J connectivity index is 1.74. The van der Waals surface area contributed by atoms with E-state index >= 15 is 0 Å². The van der Waals surface area contributed by atoms with Gasteiger partial charge in [-0.05, 0) is 29.8 Å². The van der Waals surface area contributed by atoms with Crippen LogP contribution in [0.2, 0.25) is 0 Å². The Labute approximate surface area is 108 Å². The van der Waals surface area contributed by atoms with E-state index in [0.717, 1.165) is 5.56 Å². The molecule has 2 aromatic heterocycles. The third-order valence-corrected chi connectivity index (χ3v) is 2.42. The standard InChI is InChI=1S/C12H10N6O/c19-10-3-1-2-9(6-10)7-13-15-11-4-5-12-16-14-8-18(12)17-11/h1-8,19H,(H,15,17)/b13-7+. The van der Waals surface area contributed by atoms with Gasteiger partial charge in [-0.2, -0.15) is 9.62 Å². The fraction of sp³-hybridized carbons (Fsp3) is 0. The summed E-state index contributed by atoms with van der Waals surface area (Å²) in [6.07, 6.45) is 3.11. The van der Waals surface area contributed by atoms with Gasteiger partial charge in [0.1, 0.15) is 12.1 Å². The molecule has 0 radical (unpaired) electrons. The van der Waals surface area contributed by atoms with Gasteiger partial charge in [-0.15, -0.1) is 15.3 Å². The van der Waals surface area contributed by atoms with E-state index in [-0.39, 0.29) is 5.75 Å². The summed E-state index contributed by atoms with van der Waals surface area (Å²) in [7, 11) is 0. The van der Waals surface area contributed by atoms with Crippen LogP contribution in [0.3, 0.4) is 0 Å². The monoisotopic (exact) mass is 254 g/mol. The number of nitrogens with one attached hydrogen (secondary N) is 1. The maximum atomic E-state index is 9.31. The summed E-state index contributed by atoms with van der Waals surface area (Å²) in [5, 5.41) is 25.1. The van der Waals surface area contributed by atoms with Crippen LogP contribution < -0.4 is 5.43 Å². The van der Waals surface area contributed by atoms with Crippen LogP contribution in [0.15, 0.2) is 47.8 Å². The minimum Gasteiger partial charge on any atom is -0.508 e. The van der Waals surface area contributed by atoms with Crippen molar-refractivity contribution in [1.29, 1.82) is 0 Å². The van der Waals surface area contributed by atoms with Gasteiger partial charge >= 0.3 is 0 Å². The predicted octanol–water partition coefficient (Wildman–Crippen LogP) is 1.28. The molecule has 1 aromatic carbocycles. The topological polar surface area (TPSA) is 87.7 Å². The molecular weight excluding hydrogens is 244 g/mol. The molecule has 3 aromatic rings. The van der Waals surface area contributed by atoms with Gasteiger partial charge < -0.3 is 5.11 Å². The molecule has 0 fully saturated rings. The van der Waals surface area contributed by atoms with Crippen molar-refractivity contribution in [1.82, 2.24) is 19.8 Å². The van der Waals surface area contributed by atoms with Crippen molar-refractivity contribution in [3.05, 3.63) is 48.3 Å². The van der Waals surface area contributed by atoms with Crippen molar-refractivity contribution in [3.63, 3.8) is 0 Å². The number of anilines is 1. The highest BCUT2D eigenvalue weighted by Crippen LogP contribution is 2.09. The maximum Gasteiger partial charge on any atom is 0.177 e. The molecule has 2 heterocycles. The summed E-state index contributed by atoms with van der Waals surface area (Å²) in [5.74, 6) is 0.775. The summed E-state index contributed by atoms with van der Waals surface area (Å²) in [5.41, 5.74) is 4.25. The number of phenolic OH excluding ortho intramolecular Hbond substituents is 1. The van der Waals surface area contributed by atoms with Crippen LogP contribution in [-0.2, 0) is 0 Å². The molecule has 7 nitrogen and oxygen atoms in total. The van der Waals surface area contributed by atoms with Crippen LogP contribution in [-0.4, -0.2) is 31.1 Å². The number of aromatic hydroxyl groups is 1. The number of hydrogen-bond donors (Lipinski definition) is 2. The molecule has 0 unspecified atom stereocenters. The van der Waals surface area contributed by atoms with E-state index in [1.165, 1.54) is 6.33 Å². The first-order valence-corrected chi connectivity index (χ1v) is 5.56. The molecule has 0 saturated carbocycles. The molecule has 0 aliphatic heterocycles. The predicted molar refractivity (Wildman–Crippen MR) is 70.1 cm³/mol. The quantitative estimate of drug-likeness (QED) is 0.543. The number of nitrogens with zero attached hydrogens (tertiary/aromatic N) is 5. The van der Waals surface area contributed by atoms with Crippen LogP contribution in [0.4, 0.5) is 5.82 Å². The lowest BCUT2D eigenvalue weighted by atomic mass is 10.2. The lowest BCUT2D eigenvalue weighted by molar-refractivity contribution is 0.475. The van der Waals surface area contributed by atoms with Crippen LogP contribution in [0.1, 0.15) is 5.56 Å². The molecule has 0 aliphatic carbocycles. The number of benzene rings is 1. The van der Waals surface area contributed by atoms with Crippen LogP contribution in [0.5, 0.6) is 5.75 Å². The van der Waals surface area contributed by atoms with E-state index < -0.39 is 0 Å². The fourth-order valence-corrected chi connectivity index (χ4v) is 1.57. The average molecular weight is 254 g/mol. The summed E-state index contributed by atoms with van der Waals surface area (Å²) in [4.78, 5) is 0. The van der Waals surface area contributed by atoms with Crippen LogP contribution in [0, 0.1) is 0 Å². The van der Waals surface area contributed by atoms with E-state index in [2.05, 4.69) is 25.8 Å². The van der Waals surface area contributed by atoms with Crippen molar-refractivity contribution in [3.8, 4) is 5.75 Å². The maximum absolute atomic E-state index is 9.31. The molecule has 0 bridgehead atoms. The lowest BCUT2D eigenvalue weighted by Crippen LogP contribution is -1.98. The first-order chi connectivity index (χ1) is 9.31. The highest BCUT2D eigenvalue weighted by atomic mass is 16.3. The van der Waals surface area contributed by atoms with E-state index in [9.17, 15) is 5.11 Å². The van der Waals surface area contributed by atoms with E-state index in [1.807, 2.05) is 6.07 Å². The SMILES string of the molecule is Oc1cccc(/C=N/Nc2ccc3nncn3n2)c1. The Morgan fingerprint density at radius 1 is 1.26 bits per heavy atom. The second-order valence-corrected chi connectivity index (χ2v) is 3.82. The van der Waals surface area contributed by atoms with Gasteiger partial charge in [-0.25, -0.2) is 0 Å². The second-order valence-electron chi connectivity index (χ2n) is 3.82. The molecule has 2 N–H and O–H groups in total. The summed E-state index contributed by atoms with van der Waals surface area (Å²) in [6.45, 7) is 0. The molecule has 0 aliphatic rings. The van der Waals surface area contributed by atoms with Crippen LogP contribution in [0.25, 0.3) is 5.65 Å². The van der Waals surface area contributed by atoms with Gasteiger partial charge in [0, 0.05) is 0 Å². The first kappa shape index (κ1) is 11.1. The minimum absolute atomic E-state index is 0.202. The molecule has 0 spiro atoms. The van der Waals surface area contributed by atoms with Gasteiger partial charge in [0.15, 0.2) is 11.5 Å². The van der Waals surface area contributed by atoms with Gasteiger partial charge in [0.05, 0.1) is 6.21 Å². The number of rotatable bonds is 3. The molecule has 94 valence electrons. The van der Waals surface area contributed by atoms with E-state index in [0.29, 0.717) is 11.5 Å². The van der Waals surface area contributed by atoms with Gasteiger partial charge in [0.2, 0.25) is 0 Å². The fourth-order valence-electron chi connectivity index (χ4n) is 1.57. The Hall–Kier alpha value is -2.96. The van der Waals surface area contributed by atoms with Crippen molar-refractivity contribution in [2.75, 3.05) is 5.43 Å². The van der Waals surface area contributed by atoms with Crippen molar-refractivity contribution in [2.45, 2.75) is 0 Å². The van der Waals surface area contributed by atoms with Crippen LogP contribution >= 0.6 is 0 Å². The Morgan fingerprint density at radius 2 is 2.21 bits per heavy atom. The number of phenols is 1. The Kier molecular flexibility index (Phi) is 2.77. The highest BCUT2D eigenvalue weighted by molar-refractivity contribution is 5.80. The molecule has 7 heteroatoms. The molecule has 0 amide bonds. The first-order valence-electron chi connectivity index (χ1n) is 5.56. The number of fused-ring (bicyclic) bond motifs is 1. The van der Waals surface area contributed by atoms with Gasteiger partial charge in [-0.3, -0.25) is 5.43 Å². The highest BCUT2D eigenvalue weighted by Gasteiger charge is 1.97. The van der Waals surface area contributed by atoms with Crippen molar-refractivity contribution in [2.24, 2.45) is 5.10 Å². The average Bonchev–Trinajstić information content (AvgIpc) is 2.86. The Bertz CT molecular complexity index is 736. The zero-order valence-electron chi connectivity index (χ0n) is 9.80. The normalized spacial score (nSPS) is 11.2. The molecular formula is C12H10N6O. The third kappa shape index (κ3) is 2.49. The largest absolute Gasteiger partial charge is 0.508 e. The zero-order chi connectivity index (χ0) is 13.1. The Morgan fingerprint density at radius 3 is 3.11 bits per heavy atom. The summed E-state index contributed by atoms with van der Waals surface area (Å²) < 4.78 is 1.55. The van der Waals surface area contributed by atoms with Gasteiger partial charge in [0.25, 0.3) is 0 Å². The molecule has 0 atom stereocenters. The number of aromatic nitrogens is 4. The minimum atomic E-state index is 0.202. The molecule has 19 heavy (non-hydrogen) atoms. The zero-order valence-corrected chi connectivity index (χ0v) is 9.80. The smallest absolute Gasteiger partial charge is 0.177 e. The number of hydrazone groups is 1. The lowest BCUT2D eigenvalue weighted by Gasteiger charge is -1.99. The van der Waals surface area contributed by atoms with Crippen molar-refractivity contribution >= 4 is 17.7 Å². The molecule has 0 saturated heterocycles. The second kappa shape index (κ2) is 4.73. The van der Waals surface area contributed by atoms with Gasteiger partial charge in [-0.1, -0.05) is 12.1 Å². The number of hydrogen-bond acceptors (Lipinski definition) is 6. The van der Waals surface area contributed by atoms with E-state index in [1.54, 1.807) is 41.1 Å². The molecule has 3 rings (SSSR count). The third-order valence-electron chi connectivity index (χ3n) is 2.42. The van der Waals surface area contributed by atoms with E-state index in [4.69, 9.17) is 0 Å².